The van der Waals surface area contributed by atoms with Crippen LogP contribution in [-0.4, -0.2) is 34.7 Å². The molecule has 0 radical (unpaired) electrons. The second kappa shape index (κ2) is 7.62. The van der Waals surface area contributed by atoms with Crippen LogP contribution in [0.1, 0.15) is 46.5 Å². The molecule has 0 aromatic rings. The summed E-state index contributed by atoms with van der Waals surface area (Å²) in [7, 11) is 0. The second-order valence-corrected chi connectivity index (χ2v) is 6.33. The first-order valence-electron chi connectivity index (χ1n) is 7.53. The van der Waals surface area contributed by atoms with Gasteiger partial charge in [0, 0.05) is 6.54 Å². The predicted molar refractivity (Wildman–Crippen MR) is 76.1 cm³/mol. The first-order valence-corrected chi connectivity index (χ1v) is 7.53. The van der Waals surface area contributed by atoms with Crippen LogP contribution in [0.2, 0.25) is 0 Å². The minimum atomic E-state index is -0.885. The molecule has 4 atom stereocenters. The Labute approximate surface area is 120 Å². The Morgan fingerprint density at radius 3 is 2.35 bits per heavy atom. The van der Waals surface area contributed by atoms with E-state index in [4.69, 9.17) is 0 Å². The number of aliphatic carboxylic acids is 1. The summed E-state index contributed by atoms with van der Waals surface area (Å²) in [6.07, 6.45) is 2.19. The van der Waals surface area contributed by atoms with Crippen LogP contribution in [0.4, 0.5) is 0 Å². The van der Waals surface area contributed by atoms with E-state index in [-0.39, 0.29) is 12.5 Å². The Kier molecular flexibility index (Phi) is 6.46. The number of hydrogen-bond donors (Lipinski definition) is 3. The predicted octanol–water partition coefficient (Wildman–Crippen LogP) is 1.65. The summed E-state index contributed by atoms with van der Waals surface area (Å²) in [4.78, 5) is 23.4. The van der Waals surface area contributed by atoms with Crippen molar-refractivity contribution in [3.8, 4) is 0 Å². The van der Waals surface area contributed by atoms with Gasteiger partial charge in [-0.15, -0.1) is 0 Å². The smallest absolute Gasteiger partial charge is 0.307 e. The Morgan fingerprint density at radius 2 is 1.85 bits per heavy atom. The molecule has 5 heteroatoms. The SMILES string of the molecule is CCC1C[C@H](C(=O)NCC(O)CC(C)C)[C@H](C(=O)O)C1. The number of carbonyl (C=O) groups is 2. The van der Waals surface area contributed by atoms with Crippen molar-refractivity contribution in [2.24, 2.45) is 23.7 Å². The Bertz CT molecular complexity index is 343. The minimum Gasteiger partial charge on any atom is -0.481 e. The average molecular weight is 285 g/mol. The fourth-order valence-corrected chi connectivity index (χ4v) is 3.02. The zero-order chi connectivity index (χ0) is 15.3. The third-order valence-electron chi connectivity index (χ3n) is 4.15. The summed E-state index contributed by atoms with van der Waals surface area (Å²) in [5.41, 5.74) is 0. The number of carbonyl (C=O) groups excluding carboxylic acids is 1. The summed E-state index contributed by atoms with van der Waals surface area (Å²) < 4.78 is 0. The van der Waals surface area contributed by atoms with Gasteiger partial charge in [-0.25, -0.2) is 0 Å². The molecule has 1 saturated carbocycles. The monoisotopic (exact) mass is 285 g/mol. The molecule has 5 nitrogen and oxygen atoms in total. The summed E-state index contributed by atoms with van der Waals surface area (Å²) >= 11 is 0. The maximum Gasteiger partial charge on any atom is 0.307 e. The molecule has 20 heavy (non-hydrogen) atoms. The van der Waals surface area contributed by atoms with Gasteiger partial charge in [0.2, 0.25) is 5.91 Å². The van der Waals surface area contributed by atoms with Crippen LogP contribution in [-0.2, 0) is 9.59 Å². The van der Waals surface area contributed by atoms with Crippen LogP contribution in [0, 0.1) is 23.7 Å². The van der Waals surface area contributed by atoms with Crippen LogP contribution in [0.25, 0.3) is 0 Å². The maximum absolute atomic E-state index is 12.1. The number of rotatable bonds is 7. The molecule has 1 aliphatic rings. The highest BCUT2D eigenvalue weighted by Crippen LogP contribution is 2.38. The van der Waals surface area contributed by atoms with Crippen molar-refractivity contribution in [2.45, 2.75) is 52.6 Å². The molecule has 2 unspecified atom stereocenters. The highest BCUT2D eigenvalue weighted by Gasteiger charge is 2.42. The number of aliphatic hydroxyl groups is 1. The van der Waals surface area contributed by atoms with E-state index in [9.17, 15) is 19.8 Å². The Hall–Kier alpha value is -1.10. The van der Waals surface area contributed by atoms with Crippen molar-refractivity contribution in [3.05, 3.63) is 0 Å². The number of aliphatic hydroxyl groups excluding tert-OH is 1. The molecule has 116 valence electrons. The lowest BCUT2D eigenvalue weighted by molar-refractivity contribution is -0.146. The molecule has 0 bridgehead atoms. The quantitative estimate of drug-likeness (QED) is 0.664. The zero-order valence-corrected chi connectivity index (χ0v) is 12.6. The van der Waals surface area contributed by atoms with Gasteiger partial charge in [-0.2, -0.15) is 0 Å². The topological polar surface area (TPSA) is 86.6 Å². The summed E-state index contributed by atoms with van der Waals surface area (Å²) in [6.45, 7) is 6.25. The molecule has 1 fully saturated rings. The average Bonchev–Trinajstić information content (AvgIpc) is 2.79. The largest absolute Gasteiger partial charge is 0.481 e. The Balaban J connectivity index is 2.50. The van der Waals surface area contributed by atoms with Gasteiger partial charge in [0.15, 0.2) is 0 Å². The number of hydrogen-bond acceptors (Lipinski definition) is 3. The molecule has 0 saturated heterocycles. The normalized spacial score (nSPS) is 27.6. The molecule has 1 rings (SSSR count). The van der Waals surface area contributed by atoms with E-state index in [1.165, 1.54) is 0 Å². The first kappa shape index (κ1) is 17.0. The van der Waals surface area contributed by atoms with Crippen LogP contribution in [0.5, 0.6) is 0 Å². The third kappa shape index (κ3) is 4.78. The fourth-order valence-electron chi connectivity index (χ4n) is 3.02. The number of amides is 1. The van der Waals surface area contributed by atoms with Crippen LogP contribution >= 0.6 is 0 Å². The van der Waals surface area contributed by atoms with Crippen molar-refractivity contribution in [1.29, 1.82) is 0 Å². The number of nitrogens with one attached hydrogen (secondary N) is 1. The molecule has 1 aliphatic carbocycles. The van der Waals surface area contributed by atoms with Gasteiger partial charge >= 0.3 is 5.97 Å². The van der Waals surface area contributed by atoms with E-state index in [0.29, 0.717) is 31.1 Å². The van der Waals surface area contributed by atoms with Crippen LogP contribution < -0.4 is 5.32 Å². The number of carboxylic acids is 1. The lowest BCUT2D eigenvalue weighted by Gasteiger charge is -2.18. The summed E-state index contributed by atoms with van der Waals surface area (Å²) in [6, 6.07) is 0. The zero-order valence-electron chi connectivity index (χ0n) is 12.6. The summed E-state index contributed by atoms with van der Waals surface area (Å²) in [5.74, 6) is -1.47. The molecule has 0 aliphatic heterocycles. The van der Waals surface area contributed by atoms with Gasteiger partial charge < -0.3 is 15.5 Å². The van der Waals surface area contributed by atoms with Gasteiger partial charge in [0.25, 0.3) is 0 Å². The highest BCUT2D eigenvalue weighted by molar-refractivity contribution is 5.85. The second-order valence-electron chi connectivity index (χ2n) is 6.33. The molecule has 1 amide bonds. The number of carboxylic acid groups (broad SMARTS) is 1. The Morgan fingerprint density at radius 1 is 1.25 bits per heavy atom. The van der Waals surface area contributed by atoms with Gasteiger partial charge in [-0.05, 0) is 31.1 Å². The van der Waals surface area contributed by atoms with E-state index in [1.807, 2.05) is 20.8 Å². The van der Waals surface area contributed by atoms with Crippen molar-refractivity contribution < 1.29 is 19.8 Å². The third-order valence-corrected chi connectivity index (χ3v) is 4.15. The lowest BCUT2D eigenvalue weighted by atomic mass is 9.95. The van der Waals surface area contributed by atoms with Crippen molar-refractivity contribution >= 4 is 11.9 Å². The van der Waals surface area contributed by atoms with Gasteiger partial charge in [0.1, 0.15) is 0 Å². The fraction of sp³-hybridized carbons (Fsp3) is 0.867. The molecular weight excluding hydrogens is 258 g/mol. The first-order chi connectivity index (χ1) is 9.35. The minimum absolute atomic E-state index is 0.205. The van der Waals surface area contributed by atoms with Crippen molar-refractivity contribution in [1.82, 2.24) is 5.32 Å². The maximum atomic E-state index is 12.1. The highest BCUT2D eigenvalue weighted by atomic mass is 16.4. The van der Waals surface area contributed by atoms with Crippen LogP contribution in [0.15, 0.2) is 0 Å². The van der Waals surface area contributed by atoms with E-state index in [2.05, 4.69) is 5.32 Å². The standard InChI is InChI=1S/C15H27NO4/c1-4-10-6-12(13(7-10)15(19)20)14(18)16-8-11(17)5-9(2)3/h9-13,17H,4-8H2,1-3H3,(H,16,18)(H,19,20)/t10?,11?,12-,13+/m0/s1. The molecule has 3 N–H and O–H groups in total. The van der Waals surface area contributed by atoms with Gasteiger partial charge in [-0.1, -0.05) is 27.2 Å². The van der Waals surface area contributed by atoms with E-state index < -0.39 is 23.9 Å². The van der Waals surface area contributed by atoms with E-state index in [1.54, 1.807) is 0 Å². The molecule has 0 spiro atoms. The lowest BCUT2D eigenvalue weighted by Crippen LogP contribution is -2.39. The van der Waals surface area contributed by atoms with E-state index in [0.717, 1.165) is 6.42 Å². The van der Waals surface area contributed by atoms with E-state index >= 15 is 0 Å². The van der Waals surface area contributed by atoms with Crippen LogP contribution in [0.3, 0.4) is 0 Å². The molecule has 0 aromatic carbocycles. The van der Waals surface area contributed by atoms with Crippen molar-refractivity contribution in [3.63, 3.8) is 0 Å². The van der Waals surface area contributed by atoms with Crippen molar-refractivity contribution in [2.75, 3.05) is 6.54 Å². The molecule has 0 heterocycles. The van der Waals surface area contributed by atoms with Gasteiger partial charge in [-0.3, -0.25) is 9.59 Å². The summed E-state index contributed by atoms with van der Waals surface area (Å²) in [5, 5.41) is 21.7. The van der Waals surface area contributed by atoms with Gasteiger partial charge in [0.05, 0.1) is 17.9 Å². The molecular formula is C15H27NO4. The molecule has 0 aromatic heterocycles.